The van der Waals surface area contributed by atoms with Crippen molar-refractivity contribution in [1.29, 1.82) is 0 Å². The van der Waals surface area contributed by atoms with Gasteiger partial charge in [-0.05, 0) is 62.3 Å². The van der Waals surface area contributed by atoms with Crippen LogP contribution in [0.5, 0.6) is 5.75 Å². The van der Waals surface area contributed by atoms with E-state index < -0.39 is 0 Å². The molecule has 0 amide bonds. The second-order valence-corrected chi connectivity index (χ2v) is 5.15. The van der Waals surface area contributed by atoms with Gasteiger partial charge in [0.1, 0.15) is 11.6 Å². The van der Waals surface area contributed by atoms with Gasteiger partial charge in [-0.3, -0.25) is 0 Å². The molecule has 1 atom stereocenters. The number of hydrogen-bond acceptors (Lipinski definition) is 2. The lowest BCUT2D eigenvalue weighted by Gasteiger charge is -2.15. The highest BCUT2D eigenvalue weighted by molar-refractivity contribution is 5.41. The fourth-order valence-electron chi connectivity index (χ4n) is 1.99. The summed E-state index contributed by atoms with van der Waals surface area (Å²) >= 11 is 0. The van der Waals surface area contributed by atoms with E-state index in [0.29, 0.717) is 12.3 Å². The van der Waals surface area contributed by atoms with E-state index in [9.17, 15) is 4.39 Å². The van der Waals surface area contributed by atoms with Crippen LogP contribution < -0.4 is 10.5 Å². The van der Waals surface area contributed by atoms with Crippen LogP contribution in [0.15, 0.2) is 12.1 Å². The Labute approximate surface area is 102 Å². The lowest BCUT2D eigenvalue weighted by atomic mass is 10.0. The third-order valence-electron chi connectivity index (χ3n) is 3.02. The number of rotatable bonds is 5. The van der Waals surface area contributed by atoms with Gasteiger partial charge in [0.25, 0.3) is 0 Å². The fourth-order valence-corrected chi connectivity index (χ4v) is 1.99. The van der Waals surface area contributed by atoms with Gasteiger partial charge in [-0.25, -0.2) is 4.39 Å². The minimum atomic E-state index is -0.211. The van der Waals surface area contributed by atoms with E-state index in [1.807, 2.05) is 13.8 Å². The number of benzene rings is 1. The molecule has 1 aliphatic rings. The molecule has 2 rings (SSSR count). The molecule has 0 aliphatic heterocycles. The molecule has 2 nitrogen and oxygen atoms in total. The minimum absolute atomic E-state index is 0.0134. The summed E-state index contributed by atoms with van der Waals surface area (Å²) in [7, 11) is 0. The van der Waals surface area contributed by atoms with Crippen molar-refractivity contribution >= 4 is 0 Å². The Hall–Kier alpha value is -1.09. The van der Waals surface area contributed by atoms with E-state index >= 15 is 0 Å². The molecule has 1 unspecified atom stereocenters. The van der Waals surface area contributed by atoms with Gasteiger partial charge in [-0.2, -0.15) is 0 Å². The molecule has 3 heteroatoms. The Morgan fingerprint density at radius 1 is 1.47 bits per heavy atom. The van der Waals surface area contributed by atoms with Crippen LogP contribution >= 0.6 is 0 Å². The Balaban J connectivity index is 2.18. The molecule has 0 heterocycles. The van der Waals surface area contributed by atoms with E-state index in [1.165, 1.54) is 18.9 Å². The molecule has 0 radical (unpaired) electrons. The molecule has 1 aromatic carbocycles. The maximum absolute atomic E-state index is 13.4. The Bertz CT molecular complexity index is 399. The second-order valence-electron chi connectivity index (χ2n) is 5.15. The summed E-state index contributed by atoms with van der Waals surface area (Å²) in [6.07, 6.45) is 3.16. The predicted molar refractivity (Wildman–Crippen MR) is 66.7 cm³/mol. The molecular formula is C14H20FNO. The van der Waals surface area contributed by atoms with Crippen LogP contribution in [-0.2, 0) is 6.42 Å². The van der Waals surface area contributed by atoms with Crippen LogP contribution in [0, 0.1) is 18.7 Å². The van der Waals surface area contributed by atoms with E-state index in [4.69, 9.17) is 10.5 Å². The van der Waals surface area contributed by atoms with Gasteiger partial charge in [-0.15, -0.1) is 0 Å². The van der Waals surface area contributed by atoms with Gasteiger partial charge >= 0.3 is 0 Å². The number of hydrogen-bond donors (Lipinski definition) is 1. The van der Waals surface area contributed by atoms with Gasteiger partial charge in [0.05, 0.1) is 6.61 Å². The van der Waals surface area contributed by atoms with E-state index in [1.54, 1.807) is 6.07 Å². The van der Waals surface area contributed by atoms with Crippen LogP contribution in [-0.4, -0.2) is 12.6 Å². The number of halogens is 1. The molecule has 1 saturated carbocycles. The molecule has 1 aromatic rings. The molecular weight excluding hydrogens is 217 g/mol. The van der Waals surface area contributed by atoms with Crippen molar-refractivity contribution in [2.45, 2.75) is 39.2 Å². The van der Waals surface area contributed by atoms with Gasteiger partial charge < -0.3 is 10.5 Å². The maximum Gasteiger partial charge on any atom is 0.125 e. The molecule has 17 heavy (non-hydrogen) atoms. The summed E-state index contributed by atoms with van der Waals surface area (Å²) in [4.78, 5) is 0. The first-order valence-corrected chi connectivity index (χ1v) is 6.23. The van der Waals surface area contributed by atoms with Crippen molar-refractivity contribution < 1.29 is 9.13 Å². The largest absolute Gasteiger partial charge is 0.493 e. The molecule has 0 aromatic heterocycles. The maximum atomic E-state index is 13.4. The highest BCUT2D eigenvalue weighted by atomic mass is 19.1. The lowest BCUT2D eigenvalue weighted by Crippen LogP contribution is -2.19. The topological polar surface area (TPSA) is 35.2 Å². The number of ether oxygens (including phenoxy) is 1. The first-order valence-electron chi connectivity index (χ1n) is 6.23. The van der Waals surface area contributed by atoms with Gasteiger partial charge in [0, 0.05) is 6.04 Å². The van der Waals surface area contributed by atoms with E-state index in [2.05, 4.69) is 0 Å². The zero-order chi connectivity index (χ0) is 12.4. The molecule has 1 aliphatic carbocycles. The molecule has 1 fully saturated rings. The Kier molecular flexibility index (Phi) is 3.67. The Morgan fingerprint density at radius 3 is 2.76 bits per heavy atom. The summed E-state index contributed by atoms with van der Waals surface area (Å²) in [6.45, 7) is 4.55. The number of nitrogens with two attached hydrogens (primary N) is 1. The first kappa shape index (κ1) is 12.4. The van der Waals surface area contributed by atoms with Crippen LogP contribution in [0.2, 0.25) is 0 Å². The minimum Gasteiger partial charge on any atom is -0.493 e. The second kappa shape index (κ2) is 5.05. The van der Waals surface area contributed by atoms with Gasteiger partial charge in [0.2, 0.25) is 0 Å². The zero-order valence-corrected chi connectivity index (χ0v) is 10.5. The Morgan fingerprint density at radius 2 is 2.18 bits per heavy atom. The van der Waals surface area contributed by atoms with Crippen LogP contribution in [0.25, 0.3) is 0 Å². The highest BCUT2D eigenvalue weighted by Gasteiger charge is 2.23. The predicted octanol–water partition coefficient (Wildman–Crippen LogP) is 2.81. The summed E-state index contributed by atoms with van der Waals surface area (Å²) in [5.74, 6) is 1.31. The molecule has 0 bridgehead atoms. The third-order valence-corrected chi connectivity index (χ3v) is 3.02. The standard InChI is InChI=1S/C14H20FNO/c1-9-5-13(15)7-12(6-10(2)16)14(9)17-8-11-3-4-11/h5,7,10-11H,3-4,6,8,16H2,1-2H3. The van der Waals surface area contributed by atoms with E-state index in [0.717, 1.165) is 23.5 Å². The van der Waals surface area contributed by atoms with Crippen molar-refractivity contribution in [3.8, 4) is 5.75 Å². The summed E-state index contributed by atoms with van der Waals surface area (Å²) in [5.41, 5.74) is 7.53. The smallest absolute Gasteiger partial charge is 0.125 e. The zero-order valence-electron chi connectivity index (χ0n) is 10.5. The summed E-state index contributed by atoms with van der Waals surface area (Å²) in [5, 5.41) is 0. The summed E-state index contributed by atoms with van der Waals surface area (Å²) < 4.78 is 19.2. The van der Waals surface area contributed by atoms with E-state index in [-0.39, 0.29) is 11.9 Å². The first-order chi connectivity index (χ1) is 8.06. The molecule has 2 N–H and O–H groups in total. The van der Waals surface area contributed by atoms with Crippen LogP contribution in [0.3, 0.4) is 0 Å². The van der Waals surface area contributed by atoms with Crippen molar-refractivity contribution in [2.75, 3.05) is 6.61 Å². The molecule has 0 spiro atoms. The van der Waals surface area contributed by atoms with Crippen molar-refractivity contribution in [1.82, 2.24) is 0 Å². The molecule has 94 valence electrons. The van der Waals surface area contributed by atoms with Crippen molar-refractivity contribution in [3.05, 3.63) is 29.1 Å². The van der Waals surface area contributed by atoms with Gasteiger partial charge in [-0.1, -0.05) is 0 Å². The van der Waals surface area contributed by atoms with Gasteiger partial charge in [0.15, 0.2) is 0 Å². The average Bonchev–Trinajstić information content (AvgIpc) is 2.98. The normalized spacial score (nSPS) is 16.9. The number of aryl methyl sites for hydroxylation is 1. The van der Waals surface area contributed by atoms with Crippen molar-refractivity contribution in [3.63, 3.8) is 0 Å². The quantitative estimate of drug-likeness (QED) is 0.854. The monoisotopic (exact) mass is 237 g/mol. The average molecular weight is 237 g/mol. The highest BCUT2D eigenvalue weighted by Crippen LogP contribution is 2.32. The fraction of sp³-hybridized carbons (Fsp3) is 0.571. The third kappa shape index (κ3) is 3.43. The van der Waals surface area contributed by atoms with Crippen LogP contribution in [0.1, 0.15) is 30.9 Å². The SMILES string of the molecule is Cc1cc(F)cc(CC(C)N)c1OCC1CC1. The van der Waals surface area contributed by atoms with Crippen LogP contribution in [0.4, 0.5) is 4.39 Å². The lowest BCUT2D eigenvalue weighted by molar-refractivity contribution is 0.294. The molecule has 0 saturated heterocycles. The summed E-state index contributed by atoms with van der Waals surface area (Å²) in [6, 6.07) is 3.07. The van der Waals surface area contributed by atoms with Crippen molar-refractivity contribution in [2.24, 2.45) is 11.7 Å².